The summed E-state index contributed by atoms with van der Waals surface area (Å²) in [6.45, 7) is 8.95. The van der Waals surface area contributed by atoms with Crippen LogP contribution in [0.3, 0.4) is 0 Å². The number of para-hydroxylation sites is 1. The second kappa shape index (κ2) is 17.2. The number of aryl methyl sites for hydroxylation is 3. The summed E-state index contributed by atoms with van der Waals surface area (Å²) in [6.07, 6.45) is 6.91. The number of methoxy groups -OCH3 is 1. The maximum absolute atomic E-state index is 14.2. The zero-order valence-electron chi connectivity index (χ0n) is 30.3. The molecule has 3 aromatic carbocycles. The van der Waals surface area contributed by atoms with Crippen LogP contribution < -0.4 is 14.0 Å². The van der Waals surface area contributed by atoms with E-state index in [9.17, 15) is 22.6 Å². The summed E-state index contributed by atoms with van der Waals surface area (Å²) in [5, 5.41) is 1.21. The van der Waals surface area contributed by atoms with Crippen LogP contribution >= 0.6 is 0 Å². The van der Waals surface area contributed by atoms with Gasteiger partial charge in [-0.1, -0.05) is 25.5 Å². The van der Waals surface area contributed by atoms with Gasteiger partial charge in [-0.2, -0.15) is 13.0 Å². The average Bonchev–Trinajstić information content (AvgIpc) is 3.07. The molecule has 4 aromatic rings. The number of ether oxygens (including phenoxy) is 3. The van der Waals surface area contributed by atoms with E-state index in [-0.39, 0.29) is 13.0 Å². The van der Waals surface area contributed by atoms with Crippen LogP contribution in [-0.2, 0) is 21.4 Å². The Kier molecular flexibility index (Phi) is 13.4. The van der Waals surface area contributed by atoms with Crippen LogP contribution in [-0.4, -0.2) is 76.0 Å². The lowest BCUT2D eigenvalue weighted by atomic mass is 10.0. The summed E-state index contributed by atoms with van der Waals surface area (Å²) in [6, 6.07) is 16.2. The van der Waals surface area contributed by atoms with Gasteiger partial charge >= 0.3 is 11.9 Å². The first kappa shape index (κ1) is 38.7. The SMILES string of the molecule is CCCC[N+](C)(C)CCCCCCOc1ccc2c(c1)c(C(=O)Oc1c(C)cc(C(=O)OC)cc1C)c1ccccc1[n+]2CCCS(=O)(=O)O. The Labute approximate surface area is 296 Å². The van der Waals surface area contributed by atoms with Crippen molar-refractivity contribution in [3.05, 3.63) is 76.9 Å². The second-order valence-corrected chi connectivity index (χ2v) is 15.3. The van der Waals surface area contributed by atoms with Crippen LogP contribution in [0.1, 0.15) is 83.7 Å². The van der Waals surface area contributed by atoms with Gasteiger partial charge in [0, 0.05) is 18.6 Å². The van der Waals surface area contributed by atoms with Crippen LogP contribution in [0, 0.1) is 13.8 Å². The molecule has 11 heteroatoms. The topological polar surface area (TPSA) is 120 Å². The van der Waals surface area contributed by atoms with Crippen molar-refractivity contribution in [1.29, 1.82) is 0 Å². The van der Waals surface area contributed by atoms with Crippen LogP contribution in [0.4, 0.5) is 0 Å². The molecular formula is C39H52N2O8S+2. The van der Waals surface area contributed by atoms with E-state index in [0.717, 1.165) is 30.3 Å². The third-order valence-corrected chi connectivity index (χ3v) is 9.90. The number of esters is 2. The fraction of sp³-hybridized carbons (Fsp3) is 0.462. The second-order valence-electron chi connectivity index (χ2n) is 13.7. The highest BCUT2D eigenvalue weighted by molar-refractivity contribution is 7.85. The summed E-state index contributed by atoms with van der Waals surface area (Å²) >= 11 is 0. The van der Waals surface area contributed by atoms with Gasteiger partial charge in [-0.05, 0) is 87.4 Å². The molecule has 1 aromatic heterocycles. The van der Waals surface area contributed by atoms with Crippen molar-refractivity contribution < 1.29 is 45.8 Å². The first-order chi connectivity index (χ1) is 23.7. The standard InChI is InChI=1S/C39H51N2O8S/c1-7-8-21-41(4,5)22-13-9-10-14-23-48-31-18-19-35-33(27-31)36(32-16-11-12-17-34(32)40(35)20-15-24-50(44,45)46)39(43)49-37-28(2)25-30(26-29(37)3)38(42)47-6/h11-12,16-19,25-27H,7-10,13-15,20-24H2,1-6H3/q+1/p+1. The van der Waals surface area contributed by atoms with Crippen molar-refractivity contribution in [3.8, 4) is 11.5 Å². The molecule has 0 aliphatic heterocycles. The van der Waals surface area contributed by atoms with Crippen LogP contribution in [0.15, 0.2) is 54.6 Å². The largest absolute Gasteiger partial charge is 0.494 e. The molecule has 0 fully saturated rings. The van der Waals surface area contributed by atoms with E-state index in [1.165, 1.54) is 32.9 Å². The molecule has 0 radical (unpaired) electrons. The highest BCUT2D eigenvalue weighted by Crippen LogP contribution is 2.32. The van der Waals surface area contributed by atoms with E-state index in [4.69, 9.17) is 14.2 Å². The Bertz CT molecular complexity index is 1910. The van der Waals surface area contributed by atoms with Crippen molar-refractivity contribution in [3.63, 3.8) is 0 Å². The third kappa shape index (κ3) is 10.2. The third-order valence-electron chi connectivity index (χ3n) is 9.10. The highest BCUT2D eigenvalue weighted by atomic mass is 32.2. The molecule has 1 heterocycles. The molecule has 0 saturated carbocycles. The van der Waals surface area contributed by atoms with Gasteiger partial charge in [-0.15, -0.1) is 0 Å². The summed E-state index contributed by atoms with van der Waals surface area (Å²) in [5.41, 5.74) is 3.32. The van der Waals surface area contributed by atoms with E-state index in [1.54, 1.807) is 26.0 Å². The van der Waals surface area contributed by atoms with E-state index < -0.39 is 27.8 Å². The maximum atomic E-state index is 14.2. The fourth-order valence-corrected chi connectivity index (χ4v) is 6.97. The number of unbranched alkanes of at least 4 members (excludes halogenated alkanes) is 4. The fourth-order valence-electron chi connectivity index (χ4n) is 6.48. The van der Waals surface area contributed by atoms with Gasteiger partial charge in [0.05, 0.1) is 68.6 Å². The molecule has 0 aliphatic carbocycles. The molecule has 0 atom stereocenters. The van der Waals surface area contributed by atoms with Gasteiger partial charge in [-0.25, -0.2) is 9.59 Å². The molecule has 270 valence electrons. The smallest absolute Gasteiger partial charge is 0.345 e. The lowest BCUT2D eigenvalue weighted by Gasteiger charge is -2.29. The first-order valence-corrected chi connectivity index (χ1v) is 19.1. The molecule has 0 saturated heterocycles. The number of fused-ring (bicyclic) bond motifs is 2. The molecule has 0 unspecified atom stereocenters. The average molecular weight is 709 g/mol. The lowest BCUT2D eigenvalue weighted by molar-refractivity contribution is -0.890. The van der Waals surface area contributed by atoms with Crippen molar-refractivity contribution >= 4 is 43.9 Å². The van der Waals surface area contributed by atoms with Crippen LogP contribution in [0.5, 0.6) is 11.5 Å². The number of pyridine rings is 1. The van der Waals surface area contributed by atoms with Crippen LogP contribution in [0.25, 0.3) is 21.8 Å². The van der Waals surface area contributed by atoms with E-state index in [2.05, 4.69) is 21.0 Å². The van der Waals surface area contributed by atoms with Crippen molar-refractivity contribution in [2.24, 2.45) is 0 Å². The molecule has 0 bridgehead atoms. The number of rotatable bonds is 18. The Morgan fingerprint density at radius 3 is 2.16 bits per heavy atom. The molecule has 1 N–H and O–H groups in total. The number of aromatic nitrogens is 1. The predicted octanol–water partition coefficient (Wildman–Crippen LogP) is 7.00. The summed E-state index contributed by atoms with van der Waals surface area (Å²) < 4.78 is 52.7. The quantitative estimate of drug-likeness (QED) is 0.0223. The number of hydrogen-bond donors (Lipinski definition) is 1. The van der Waals surface area contributed by atoms with Gasteiger partial charge in [0.1, 0.15) is 11.5 Å². The molecule has 0 amide bonds. The normalized spacial score (nSPS) is 12.0. The van der Waals surface area contributed by atoms with Gasteiger partial charge in [-0.3, -0.25) is 4.55 Å². The number of carbonyl (C=O) groups is 2. The van der Waals surface area contributed by atoms with Gasteiger partial charge in [0.25, 0.3) is 10.1 Å². The maximum Gasteiger partial charge on any atom is 0.345 e. The molecule has 50 heavy (non-hydrogen) atoms. The van der Waals surface area contributed by atoms with Crippen LogP contribution in [0.2, 0.25) is 0 Å². The minimum atomic E-state index is -4.15. The van der Waals surface area contributed by atoms with E-state index in [0.29, 0.717) is 62.2 Å². The number of hydrogen-bond acceptors (Lipinski definition) is 7. The number of nitrogens with zero attached hydrogens (tertiary/aromatic N) is 2. The highest BCUT2D eigenvalue weighted by Gasteiger charge is 2.27. The zero-order valence-corrected chi connectivity index (χ0v) is 31.1. The van der Waals surface area contributed by atoms with Crippen molar-refractivity contribution in [2.45, 2.75) is 72.3 Å². The Balaban J connectivity index is 1.64. The Hall–Kier alpha value is -4.06. The number of quaternary nitrogens is 1. The zero-order chi connectivity index (χ0) is 36.5. The Morgan fingerprint density at radius 1 is 0.820 bits per heavy atom. The monoisotopic (exact) mass is 708 g/mol. The number of benzene rings is 3. The van der Waals surface area contributed by atoms with Gasteiger partial charge < -0.3 is 18.7 Å². The molecule has 10 nitrogen and oxygen atoms in total. The van der Waals surface area contributed by atoms with E-state index in [1.807, 2.05) is 47.0 Å². The van der Waals surface area contributed by atoms with Crippen molar-refractivity contribution in [2.75, 3.05) is 46.7 Å². The minimum absolute atomic E-state index is 0.171. The van der Waals surface area contributed by atoms with Crippen molar-refractivity contribution in [1.82, 2.24) is 0 Å². The molecule has 0 aliphatic rings. The predicted molar refractivity (Wildman–Crippen MR) is 196 cm³/mol. The van der Waals surface area contributed by atoms with E-state index >= 15 is 0 Å². The van der Waals surface area contributed by atoms with Gasteiger partial charge in [0.2, 0.25) is 11.0 Å². The summed E-state index contributed by atoms with van der Waals surface area (Å²) in [7, 11) is 1.76. The summed E-state index contributed by atoms with van der Waals surface area (Å²) in [4.78, 5) is 26.4. The molecule has 4 rings (SSSR count). The Morgan fingerprint density at radius 2 is 1.48 bits per heavy atom. The molecule has 0 spiro atoms. The number of carbonyl (C=O) groups excluding carboxylic acids is 2. The lowest BCUT2D eigenvalue weighted by Crippen LogP contribution is -2.41. The molecular weight excluding hydrogens is 657 g/mol. The summed E-state index contributed by atoms with van der Waals surface area (Å²) in [5.74, 6) is -0.490. The van der Waals surface area contributed by atoms with Gasteiger partial charge in [0.15, 0.2) is 6.54 Å². The first-order valence-electron chi connectivity index (χ1n) is 17.4. The minimum Gasteiger partial charge on any atom is -0.494 e.